The highest BCUT2D eigenvalue weighted by atomic mass is 32.2. The van der Waals surface area contributed by atoms with Gasteiger partial charge in [-0.2, -0.15) is 17.4 Å². The lowest BCUT2D eigenvalue weighted by molar-refractivity contribution is -0.126. The van der Waals surface area contributed by atoms with Crippen molar-refractivity contribution in [3.63, 3.8) is 0 Å². The first-order valence-electron chi connectivity index (χ1n) is 6.92. The number of carbonyl (C=O) groups is 1. The molecule has 1 aliphatic heterocycles. The number of nitrogens with zero attached hydrogens (tertiary/aromatic N) is 1. The van der Waals surface area contributed by atoms with E-state index in [1.54, 1.807) is 20.8 Å². The molecule has 7 nitrogen and oxygen atoms in total. The molecule has 1 unspecified atom stereocenters. The van der Waals surface area contributed by atoms with Gasteiger partial charge in [-0.25, -0.2) is 0 Å². The second-order valence-electron chi connectivity index (χ2n) is 6.13. The second-order valence-corrected chi connectivity index (χ2v) is 7.80. The number of rotatable bonds is 5. The van der Waals surface area contributed by atoms with Gasteiger partial charge in [-0.05, 0) is 33.6 Å². The summed E-state index contributed by atoms with van der Waals surface area (Å²) in [5.41, 5.74) is 4.81. The fourth-order valence-corrected chi connectivity index (χ4v) is 3.81. The highest BCUT2D eigenvalue weighted by molar-refractivity contribution is 7.87. The fourth-order valence-electron chi connectivity index (χ4n) is 2.17. The van der Waals surface area contributed by atoms with Crippen LogP contribution in [0.25, 0.3) is 0 Å². The maximum absolute atomic E-state index is 12.2. The molecule has 1 rings (SSSR count). The second kappa shape index (κ2) is 6.84. The van der Waals surface area contributed by atoms with Crippen LogP contribution < -0.4 is 15.8 Å². The molecule has 0 saturated carbocycles. The number of hydrogen-bond donors (Lipinski definition) is 3. The summed E-state index contributed by atoms with van der Waals surface area (Å²) in [4.78, 5) is 11.9. The lowest BCUT2D eigenvalue weighted by atomic mass is 9.99. The summed E-state index contributed by atoms with van der Waals surface area (Å²) in [7, 11) is -3.55. The van der Waals surface area contributed by atoms with Crippen LogP contribution in [0.2, 0.25) is 0 Å². The third-order valence-corrected chi connectivity index (χ3v) is 4.86. The quantitative estimate of drug-likeness (QED) is 0.631. The Bertz CT molecular complexity index is 430. The molecule has 4 N–H and O–H groups in total. The summed E-state index contributed by atoms with van der Waals surface area (Å²) < 4.78 is 28.5. The number of carbonyl (C=O) groups excluding carboxylic acids is 1. The minimum atomic E-state index is -3.55. The molecule has 0 aliphatic carbocycles. The van der Waals surface area contributed by atoms with Crippen molar-refractivity contribution < 1.29 is 13.2 Å². The molecular formula is C12H26N4O3S. The summed E-state index contributed by atoms with van der Waals surface area (Å²) in [6, 6.07) is 0. The zero-order valence-electron chi connectivity index (χ0n) is 12.5. The van der Waals surface area contributed by atoms with Crippen LogP contribution in [0.3, 0.4) is 0 Å². The van der Waals surface area contributed by atoms with Gasteiger partial charge in [-0.3, -0.25) is 4.79 Å². The maximum Gasteiger partial charge on any atom is 0.279 e. The van der Waals surface area contributed by atoms with Crippen LogP contribution in [-0.4, -0.2) is 50.3 Å². The summed E-state index contributed by atoms with van der Waals surface area (Å²) in [5, 5.41) is 2.72. The Morgan fingerprint density at radius 3 is 2.60 bits per heavy atom. The predicted molar refractivity (Wildman–Crippen MR) is 78.2 cm³/mol. The van der Waals surface area contributed by atoms with Crippen LogP contribution in [0.4, 0.5) is 0 Å². The smallest absolute Gasteiger partial charge is 0.279 e. The lowest BCUT2D eigenvalue weighted by Gasteiger charge is -2.33. The SMILES string of the molecule is CC(C)(C)NS(=O)(=O)N1CCCC(C(=O)NCCN)C1. The van der Waals surface area contributed by atoms with Crippen molar-refractivity contribution in [2.75, 3.05) is 26.2 Å². The van der Waals surface area contributed by atoms with Gasteiger partial charge in [0.1, 0.15) is 0 Å². The van der Waals surface area contributed by atoms with Crippen molar-refractivity contribution in [2.24, 2.45) is 11.7 Å². The van der Waals surface area contributed by atoms with Crippen molar-refractivity contribution in [2.45, 2.75) is 39.2 Å². The Kier molecular flexibility index (Phi) is 5.93. The van der Waals surface area contributed by atoms with Crippen LogP contribution in [0, 0.1) is 5.92 Å². The van der Waals surface area contributed by atoms with E-state index in [0.717, 1.165) is 0 Å². The van der Waals surface area contributed by atoms with E-state index in [4.69, 9.17) is 5.73 Å². The number of hydrogen-bond acceptors (Lipinski definition) is 4. The molecule has 0 bridgehead atoms. The molecule has 1 fully saturated rings. The molecule has 0 radical (unpaired) electrons. The minimum Gasteiger partial charge on any atom is -0.355 e. The average molecular weight is 306 g/mol. The number of piperidine rings is 1. The summed E-state index contributed by atoms with van der Waals surface area (Å²) >= 11 is 0. The molecule has 1 amide bonds. The molecule has 1 atom stereocenters. The molecule has 0 aromatic rings. The Balaban J connectivity index is 2.67. The van der Waals surface area contributed by atoms with Gasteiger partial charge in [-0.1, -0.05) is 0 Å². The topological polar surface area (TPSA) is 105 Å². The largest absolute Gasteiger partial charge is 0.355 e. The van der Waals surface area contributed by atoms with Crippen LogP contribution in [-0.2, 0) is 15.0 Å². The van der Waals surface area contributed by atoms with Crippen molar-refractivity contribution in [1.82, 2.24) is 14.3 Å². The zero-order valence-corrected chi connectivity index (χ0v) is 13.3. The molecule has 8 heteroatoms. The van der Waals surface area contributed by atoms with Gasteiger partial charge in [-0.15, -0.1) is 0 Å². The Morgan fingerprint density at radius 1 is 1.40 bits per heavy atom. The maximum atomic E-state index is 12.2. The van der Waals surface area contributed by atoms with Crippen LogP contribution >= 0.6 is 0 Å². The van der Waals surface area contributed by atoms with E-state index < -0.39 is 15.7 Å². The van der Waals surface area contributed by atoms with Gasteiger partial charge in [0.2, 0.25) is 5.91 Å². The summed E-state index contributed by atoms with van der Waals surface area (Å²) in [6.45, 7) is 6.85. The normalized spacial score (nSPS) is 21.7. The van der Waals surface area contributed by atoms with E-state index in [1.807, 2.05) is 0 Å². The van der Waals surface area contributed by atoms with Crippen LogP contribution in [0.15, 0.2) is 0 Å². The van der Waals surface area contributed by atoms with E-state index >= 15 is 0 Å². The van der Waals surface area contributed by atoms with Gasteiger partial charge in [0.05, 0.1) is 5.92 Å². The average Bonchev–Trinajstić information content (AvgIpc) is 2.33. The first-order valence-corrected chi connectivity index (χ1v) is 8.36. The van der Waals surface area contributed by atoms with E-state index in [9.17, 15) is 13.2 Å². The third kappa shape index (κ3) is 5.35. The predicted octanol–water partition coefficient (Wildman–Crippen LogP) is -0.594. The number of nitrogens with one attached hydrogen (secondary N) is 2. The monoisotopic (exact) mass is 306 g/mol. The molecule has 0 aromatic carbocycles. The van der Waals surface area contributed by atoms with Crippen molar-refractivity contribution in [1.29, 1.82) is 0 Å². The fraction of sp³-hybridized carbons (Fsp3) is 0.917. The van der Waals surface area contributed by atoms with Crippen molar-refractivity contribution in [3.05, 3.63) is 0 Å². The molecule has 118 valence electrons. The van der Waals surface area contributed by atoms with Crippen molar-refractivity contribution >= 4 is 16.1 Å². The first-order chi connectivity index (χ1) is 9.15. The Hall–Kier alpha value is -0.700. The number of nitrogens with two attached hydrogens (primary N) is 1. The molecule has 1 aliphatic rings. The van der Waals surface area contributed by atoms with Gasteiger partial charge >= 0.3 is 0 Å². The summed E-state index contributed by atoms with van der Waals surface area (Å²) in [6.07, 6.45) is 1.39. The third-order valence-electron chi connectivity index (χ3n) is 2.97. The van der Waals surface area contributed by atoms with Gasteiger partial charge in [0.25, 0.3) is 10.2 Å². The molecule has 1 saturated heterocycles. The first kappa shape index (κ1) is 17.4. The molecule has 1 heterocycles. The molecule has 0 aromatic heterocycles. The summed E-state index contributed by atoms with van der Waals surface area (Å²) in [5.74, 6) is -0.419. The zero-order chi connectivity index (χ0) is 15.4. The Labute approximate surface area is 121 Å². The van der Waals surface area contributed by atoms with E-state index in [-0.39, 0.29) is 18.4 Å². The highest BCUT2D eigenvalue weighted by Gasteiger charge is 2.33. The van der Waals surface area contributed by atoms with Gasteiger partial charge < -0.3 is 11.1 Å². The van der Waals surface area contributed by atoms with Crippen LogP contribution in [0.5, 0.6) is 0 Å². The van der Waals surface area contributed by atoms with Gasteiger partial charge in [0.15, 0.2) is 0 Å². The van der Waals surface area contributed by atoms with Crippen molar-refractivity contribution in [3.8, 4) is 0 Å². The molecule has 20 heavy (non-hydrogen) atoms. The molecular weight excluding hydrogens is 280 g/mol. The number of amides is 1. The van der Waals surface area contributed by atoms with Crippen LogP contribution in [0.1, 0.15) is 33.6 Å². The minimum absolute atomic E-state index is 0.119. The van der Waals surface area contributed by atoms with E-state index in [2.05, 4.69) is 10.0 Å². The van der Waals surface area contributed by atoms with Gasteiger partial charge in [0, 0.05) is 31.7 Å². The molecule has 0 spiro atoms. The highest BCUT2D eigenvalue weighted by Crippen LogP contribution is 2.19. The lowest BCUT2D eigenvalue weighted by Crippen LogP contribution is -2.53. The standard InChI is InChI=1S/C12H26N4O3S/c1-12(2,3)15-20(18,19)16-8-4-5-10(9-16)11(17)14-7-6-13/h10,15H,4-9,13H2,1-3H3,(H,14,17). The van der Waals surface area contributed by atoms with E-state index in [1.165, 1.54) is 4.31 Å². The van der Waals surface area contributed by atoms with E-state index in [0.29, 0.717) is 32.5 Å². The Morgan fingerprint density at radius 2 is 2.05 bits per heavy atom.